The van der Waals surface area contributed by atoms with Gasteiger partial charge in [0.1, 0.15) is 0 Å². The van der Waals surface area contributed by atoms with Gasteiger partial charge in [0.25, 0.3) is 0 Å². The summed E-state index contributed by atoms with van der Waals surface area (Å²) in [5.41, 5.74) is 2.72. The van der Waals surface area contributed by atoms with Crippen LogP contribution in [-0.4, -0.2) is 16.7 Å². The summed E-state index contributed by atoms with van der Waals surface area (Å²) >= 11 is 0. The van der Waals surface area contributed by atoms with Gasteiger partial charge in [0.15, 0.2) is 0 Å². The average Bonchev–Trinajstić information content (AvgIpc) is 2.40. The van der Waals surface area contributed by atoms with Gasteiger partial charge in [-0.2, -0.15) is 0 Å². The van der Waals surface area contributed by atoms with Crippen molar-refractivity contribution >= 4 is 0 Å². The van der Waals surface area contributed by atoms with Gasteiger partial charge < -0.3 is 9.84 Å². The highest BCUT2D eigenvalue weighted by Gasteiger charge is 2.20. The third-order valence-corrected chi connectivity index (χ3v) is 2.95. The van der Waals surface area contributed by atoms with Crippen molar-refractivity contribution in [2.75, 3.05) is 6.61 Å². The molecule has 0 fully saturated rings. The van der Waals surface area contributed by atoms with Crippen molar-refractivity contribution in [1.82, 2.24) is 4.98 Å². The Kier molecular flexibility index (Phi) is 2.53. The van der Waals surface area contributed by atoms with Crippen molar-refractivity contribution in [3.63, 3.8) is 0 Å². The molecule has 0 bridgehead atoms. The van der Waals surface area contributed by atoms with Crippen molar-refractivity contribution in [1.29, 1.82) is 0 Å². The van der Waals surface area contributed by atoms with Crippen molar-refractivity contribution < 1.29 is 9.84 Å². The van der Waals surface area contributed by atoms with Gasteiger partial charge >= 0.3 is 0 Å². The summed E-state index contributed by atoms with van der Waals surface area (Å²) in [5.74, 6) is 0.560. The van der Waals surface area contributed by atoms with E-state index >= 15 is 0 Å². The van der Waals surface area contributed by atoms with Crippen LogP contribution in [0.15, 0.2) is 42.5 Å². The van der Waals surface area contributed by atoms with Crippen LogP contribution in [0.1, 0.15) is 18.1 Å². The molecule has 3 heteroatoms. The van der Waals surface area contributed by atoms with E-state index in [4.69, 9.17) is 4.74 Å². The molecule has 1 aliphatic rings. The minimum atomic E-state index is -0.448. The summed E-state index contributed by atoms with van der Waals surface area (Å²) in [5, 5.41) is 9.80. The van der Waals surface area contributed by atoms with Crippen LogP contribution in [-0.2, 0) is 0 Å². The third kappa shape index (κ3) is 1.89. The lowest BCUT2D eigenvalue weighted by molar-refractivity contribution is 0.112. The zero-order valence-electron chi connectivity index (χ0n) is 9.34. The Bertz CT molecular complexity index is 525. The van der Waals surface area contributed by atoms with Gasteiger partial charge in [0, 0.05) is 17.5 Å². The maximum atomic E-state index is 9.80. The van der Waals surface area contributed by atoms with Crippen LogP contribution >= 0.6 is 0 Å². The lowest BCUT2D eigenvalue weighted by Crippen LogP contribution is -2.15. The van der Waals surface area contributed by atoms with E-state index in [2.05, 4.69) is 4.98 Å². The van der Waals surface area contributed by atoms with E-state index < -0.39 is 6.10 Å². The second-order valence-corrected chi connectivity index (χ2v) is 4.11. The maximum absolute atomic E-state index is 9.80. The molecule has 0 amide bonds. The fourth-order valence-corrected chi connectivity index (χ4v) is 2.01. The minimum Gasteiger partial charge on any atom is -0.477 e. The van der Waals surface area contributed by atoms with Crippen molar-refractivity contribution in [2.45, 2.75) is 12.5 Å². The fourth-order valence-electron chi connectivity index (χ4n) is 2.01. The summed E-state index contributed by atoms with van der Waals surface area (Å²) in [6.45, 7) is 0.527. The van der Waals surface area contributed by atoms with Crippen LogP contribution in [0.4, 0.5) is 0 Å². The molecule has 3 nitrogen and oxygen atoms in total. The number of benzene rings is 1. The lowest BCUT2D eigenvalue weighted by atomic mass is 10.0. The molecule has 0 saturated heterocycles. The first-order valence-electron chi connectivity index (χ1n) is 5.72. The Balaban J connectivity index is 2.04. The van der Waals surface area contributed by atoms with Gasteiger partial charge in [-0.1, -0.05) is 30.3 Å². The summed E-state index contributed by atoms with van der Waals surface area (Å²) in [4.78, 5) is 4.45. The minimum absolute atomic E-state index is 0.448. The van der Waals surface area contributed by atoms with E-state index in [0.717, 1.165) is 16.8 Å². The molecule has 1 aromatic carbocycles. The Hall–Kier alpha value is -1.87. The monoisotopic (exact) mass is 227 g/mol. The number of hydrogen-bond donors (Lipinski definition) is 1. The van der Waals surface area contributed by atoms with E-state index in [1.807, 2.05) is 42.5 Å². The zero-order valence-corrected chi connectivity index (χ0v) is 9.34. The molecule has 0 saturated carbocycles. The van der Waals surface area contributed by atoms with Gasteiger partial charge in [-0.25, -0.2) is 4.98 Å². The molecule has 1 unspecified atom stereocenters. The third-order valence-electron chi connectivity index (χ3n) is 2.95. The topological polar surface area (TPSA) is 42.4 Å². The van der Waals surface area contributed by atoms with Crippen LogP contribution in [0.2, 0.25) is 0 Å². The van der Waals surface area contributed by atoms with Gasteiger partial charge in [-0.05, 0) is 12.1 Å². The number of aromatic nitrogens is 1. The SMILES string of the molecule is OC1CCOc2nc(-c3ccccc3)ccc21. The van der Waals surface area contributed by atoms with Crippen molar-refractivity contribution in [2.24, 2.45) is 0 Å². The van der Waals surface area contributed by atoms with Gasteiger partial charge in [0.2, 0.25) is 5.88 Å². The average molecular weight is 227 g/mol. The molecule has 0 spiro atoms. The Labute approximate surface area is 99.7 Å². The summed E-state index contributed by atoms with van der Waals surface area (Å²) in [6, 6.07) is 13.8. The highest BCUT2D eigenvalue weighted by Crippen LogP contribution is 2.32. The van der Waals surface area contributed by atoms with Crippen LogP contribution in [0.5, 0.6) is 5.88 Å². The van der Waals surface area contributed by atoms with Crippen LogP contribution < -0.4 is 4.74 Å². The number of aliphatic hydroxyl groups excluding tert-OH is 1. The predicted octanol–water partition coefficient (Wildman–Crippen LogP) is 2.56. The Morgan fingerprint density at radius 3 is 2.76 bits per heavy atom. The molecular formula is C14H13NO2. The molecule has 1 N–H and O–H groups in total. The number of ether oxygens (including phenoxy) is 1. The predicted molar refractivity (Wildman–Crippen MR) is 64.7 cm³/mol. The van der Waals surface area contributed by atoms with Crippen molar-refractivity contribution in [3.8, 4) is 17.1 Å². The van der Waals surface area contributed by atoms with Gasteiger partial charge in [0.05, 0.1) is 18.4 Å². The molecule has 3 rings (SSSR count). The highest BCUT2D eigenvalue weighted by molar-refractivity contribution is 5.60. The Morgan fingerprint density at radius 2 is 1.94 bits per heavy atom. The number of fused-ring (bicyclic) bond motifs is 1. The van der Waals surface area contributed by atoms with Crippen LogP contribution in [0.3, 0.4) is 0 Å². The van der Waals surface area contributed by atoms with E-state index in [1.165, 1.54) is 0 Å². The zero-order chi connectivity index (χ0) is 11.7. The lowest BCUT2D eigenvalue weighted by Gasteiger charge is -2.21. The number of rotatable bonds is 1. The largest absolute Gasteiger partial charge is 0.477 e. The molecule has 2 aromatic rings. The van der Waals surface area contributed by atoms with E-state index in [0.29, 0.717) is 18.9 Å². The highest BCUT2D eigenvalue weighted by atomic mass is 16.5. The number of hydrogen-bond acceptors (Lipinski definition) is 3. The van der Waals surface area contributed by atoms with E-state index in [1.54, 1.807) is 0 Å². The smallest absolute Gasteiger partial charge is 0.219 e. The maximum Gasteiger partial charge on any atom is 0.219 e. The van der Waals surface area contributed by atoms with Crippen LogP contribution in [0.25, 0.3) is 11.3 Å². The van der Waals surface area contributed by atoms with Gasteiger partial charge in [-0.15, -0.1) is 0 Å². The molecule has 17 heavy (non-hydrogen) atoms. The molecule has 1 aromatic heterocycles. The van der Waals surface area contributed by atoms with E-state index in [-0.39, 0.29) is 0 Å². The molecule has 2 heterocycles. The van der Waals surface area contributed by atoms with E-state index in [9.17, 15) is 5.11 Å². The normalized spacial score (nSPS) is 18.3. The molecule has 86 valence electrons. The number of aliphatic hydroxyl groups is 1. The molecule has 1 aliphatic heterocycles. The van der Waals surface area contributed by atoms with Crippen molar-refractivity contribution in [3.05, 3.63) is 48.0 Å². The molecule has 0 aliphatic carbocycles. The summed E-state index contributed by atoms with van der Waals surface area (Å²) in [7, 11) is 0. The first-order valence-corrected chi connectivity index (χ1v) is 5.72. The first kappa shape index (κ1) is 10.3. The first-order chi connectivity index (χ1) is 8.34. The fraction of sp³-hybridized carbons (Fsp3) is 0.214. The second kappa shape index (κ2) is 4.18. The Morgan fingerprint density at radius 1 is 1.12 bits per heavy atom. The molecule has 1 atom stereocenters. The number of nitrogens with zero attached hydrogens (tertiary/aromatic N) is 1. The molecular weight excluding hydrogens is 214 g/mol. The standard InChI is InChI=1S/C14H13NO2/c16-13-8-9-17-14-11(13)6-7-12(15-14)10-4-2-1-3-5-10/h1-7,13,16H,8-9H2. The summed E-state index contributed by atoms with van der Waals surface area (Å²) < 4.78 is 5.48. The number of pyridine rings is 1. The quantitative estimate of drug-likeness (QED) is 0.814. The van der Waals surface area contributed by atoms with Gasteiger partial charge in [-0.3, -0.25) is 0 Å². The molecule has 0 radical (unpaired) electrons. The second-order valence-electron chi connectivity index (χ2n) is 4.11. The summed E-state index contributed by atoms with van der Waals surface area (Å²) in [6.07, 6.45) is 0.190. The van der Waals surface area contributed by atoms with Crippen LogP contribution in [0, 0.1) is 0 Å².